The summed E-state index contributed by atoms with van der Waals surface area (Å²) in [5.41, 5.74) is 8.21. The van der Waals surface area contributed by atoms with Crippen LogP contribution in [0.5, 0.6) is 0 Å². The number of hydrogen-bond acceptors (Lipinski definition) is 4. The van der Waals surface area contributed by atoms with Gasteiger partial charge in [-0.1, -0.05) is 20.8 Å². The lowest BCUT2D eigenvalue weighted by atomic mass is 9.68. The Morgan fingerprint density at radius 1 is 1.47 bits per heavy atom. The smallest absolute Gasteiger partial charge is 0.341 e. The van der Waals surface area contributed by atoms with Gasteiger partial charge in [0.05, 0.1) is 12.2 Å². The monoisotopic (exact) mass is 279 g/mol. The third kappa shape index (κ3) is 1.36. The summed E-state index contributed by atoms with van der Waals surface area (Å²) in [4.78, 5) is 13.6. The van der Waals surface area contributed by atoms with E-state index in [9.17, 15) is 4.79 Å². The molecule has 1 fully saturated rings. The number of nitrogens with two attached hydrogens (primary N) is 1. The average Bonchev–Trinajstić information content (AvgIpc) is 2.82. The maximum absolute atomic E-state index is 12.2. The van der Waals surface area contributed by atoms with E-state index in [1.807, 2.05) is 6.92 Å². The van der Waals surface area contributed by atoms with Gasteiger partial charge in [-0.05, 0) is 36.7 Å². The van der Waals surface area contributed by atoms with Gasteiger partial charge in [-0.2, -0.15) is 0 Å². The molecule has 104 valence electrons. The van der Waals surface area contributed by atoms with Crippen LogP contribution in [0.25, 0.3) is 0 Å². The average molecular weight is 279 g/mol. The van der Waals surface area contributed by atoms with Crippen LogP contribution in [0, 0.1) is 5.41 Å². The Hall–Kier alpha value is -1.03. The van der Waals surface area contributed by atoms with E-state index >= 15 is 0 Å². The van der Waals surface area contributed by atoms with Crippen molar-refractivity contribution in [2.45, 2.75) is 51.9 Å². The molecule has 2 N–H and O–H groups in total. The number of hydrogen-bond donors (Lipinski definition) is 1. The van der Waals surface area contributed by atoms with Crippen LogP contribution in [-0.4, -0.2) is 12.6 Å². The minimum Gasteiger partial charge on any atom is -0.462 e. The molecule has 19 heavy (non-hydrogen) atoms. The molecule has 0 aromatic carbocycles. The SMILES string of the molecule is CCOC(=O)c1c(N)sc2c1C1(C)CCC2C1(C)C. The highest BCUT2D eigenvalue weighted by atomic mass is 32.1. The Morgan fingerprint density at radius 3 is 2.79 bits per heavy atom. The predicted octanol–water partition coefficient (Wildman–Crippen LogP) is 3.68. The third-order valence-electron chi connectivity index (χ3n) is 5.54. The molecule has 2 atom stereocenters. The summed E-state index contributed by atoms with van der Waals surface area (Å²) in [6.45, 7) is 9.16. The van der Waals surface area contributed by atoms with Crippen molar-refractivity contribution in [3.05, 3.63) is 16.0 Å². The van der Waals surface area contributed by atoms with Crippen LogP contribution in [-0.2, 0) is 10.2 Å². The molecule has 3 rings (SSSR count). The van der Waals surface area contributed by atoms with Gasteiger partial charge in [0.15, 0.2) is 0 Å². The number of fused-ring (bicyclic) bond motifs is 5. The maximum atomic E-state index is 12.2. The van der Waals surface area contributed by atoms with Crippen molar-refractivity contribution >= 4 is 22.3 Å². The van der Waals surface area contributed by atoms with Gasteiger partial charge in [-0.25, -0.2) is 4.79 Å². The molecule has 0 aliphatic heterocycles. The quantitative estimate of drug-likeness (QED) is 0.840. The lowest BCUT2D eigenvalue weighted by Crippen LogP contribution is -2.32. The number of nitrogen functional groups attached to an aromatic ring is 1. The summed E-state index contributed by atoms with van der Waals surface area (Å²) < 4.78 is 5.20. The van der Waals surface area contributed by atoms with Gasteiger partial charge in [0.1, 0.15) is 5.00 Å². The van der Waals surface area contributed by atoms with Gasteiger partial charge in [-0.3, -0.25) is 0 Å². The number of carbonyl (C=O) groups is 1. The van der Waals surface area contributed by atoms with E-state index in [2.05, 4.69) is 20.8 Å². The Morgan fingerprint density at radius 2 is 2.16 bits per heavy atom. The number of anilines is 1. The molecule has 2 bridgehead atoms. The first kappa shape index (κ1) is 13.0. The standard InChI is InChI=1S/C15H21NO2S/c1-5-18-13(17)9-10-11(19-12(9)16)8-6-7-15(10,4)14(8,2)3/h8H,5-7,16H2,1-4H3. The summed E-state index contributed by atoms with van der Waals surface area (Å²) in [5.74, 6) is 0.296. The number of esters is 1. The fraction of sp³-hybridized carbons (Fsp3) is 0.667. The Bertz CT molecular complexity index is 561. The van der Waals surface area contributed by atoms with Crippen molar-refractivity contribution < 1.29 is 9.53 Å². The first-order valence-electron chi connectivity index (χ1n) is 6.94. The first-order valence-corrected chi connectivity index (χ1v) is 7.76. The summed E-state index contributed by atoms with van der Waals surface area (Å²) in [5, 5.41) is 0.636. The van der Waals surface area contributed by atoms with Gasteiger partial charge >= 0.3 is 5.97 Å². The van der Waals surface area contributed by atoms with E-state index in [-0.39, 0.29) is 16.8 Å². The number of thiophene rings is 1. The lowest BCUT2D eigenvalue weighted by molar-refractivity contribution is 0.0524. The summed E-state index contributed by atoms with van der Waals surface area (Å²) >= 11 is 1.60. The lowest BCUT2D eigenvalue weighted by Gasteiger charge is -2.35. The zero-order chi connectivity index (χ0) is 14.0. The zero-order valence-corrected chi connectivity index (χ0v) is 12.8. The van der Waals surface area contributed by atoms with Crippen molar-refractivity contribution in [3.8, 4) is 0 Å². The Labute approximate surface area is 118 Å². The molecule has 0 radical (unpaired) electrons. The van der Waals surface area contributed by atoms with Crippen molar-refractivity contribution in [3.63, 3.8) is 0 Å². The fourth-order valence-electron chi connectivity index (χ4n) is 4.07. The Kier molecular flexibility index (Phi) is 2.56. The molecule has 1 aromatic heterocycles. The van der Waals surface area contributed by atoms with E-state index in [4.69, 9.17) is 10.5 Å². The van der Waals surface area contributed by atoms with Gasteiger partial charge in [0.25, 0.3) is 0 Å². The van der Waals surface area contributed by atoms with Crippen LogP contribution >= 0.6 is 11.3 Å². The molecule has 0 amide bonds. The summed E-state index contributed by atoms with van der Waals surface area (Å²) in [6, 6.07) is 0. The minimum atomic E-state index is -0.248. The molecule has 2 aliphatic carbocycles. The molecule has 0 spiro atoms. The topological polar surface area (TPSA) is 52.3 Å². The number of rotatable bonds is 2. The molecule has 4 heteroatoms. The summed E-state index contributed by atoms with van der Waals surface area (Å²) in [6.07, 6.45) is 2.35. The van der Waals surface area contributed by atoms with E-state index in [0.29, 0.717) is 23.1 Å². The van der Waals surface area contributed by atoms with E-state index in [0.717, 1.165) is 6.42 Å². The van der Waals surface area contributed by atoms with Crippen LogP contribution in [0.3, 0.4) is 0 Å². The second-order valence-corrected chi connectivity index (χ2v) is 7.53. The van der Waals surface area contributed by atoms with Crippen LogP contribution in [0.1, 0.15) is 67.3 Å². The summed E-state index contributed by atoms with van der Waals surface area (Å²) in [7, 11) is 0. The largest absolute Gasteiger partial charge is 0.462 e. The van der Waals surface area contributed by atoms with E-state index in [1.165, 1.54) is 16.9 Å². The number of ether oxygens (including phenoxy) is 1. The second-order valence-electron chi connectivity index (χ2n) is 6.45. The van der Waals surface area contributed by atoms with Crippen molar-refractivity contribution in [1.82, 2.24) is 0 Å². The van der Waals surface area contributed by atoms with E-state index < -0.39 is 0 Å². The van der Waals surface area contributed by atoms with Crippen LogP contribution in [0.4, 0.5) is 5.00 Å². The highest BCUT2D eigenvalue weighted by Crippen LogP contribution is 2.70. The third-order valence-corrected chi connectivity index (χ3v) is 6.67. The van der Waals surface area contributed by atoms with Crippen molar-refractivity contribution in [2.75, 3.05) is 12.3 Å². The van der Waals surface area contributed by atoms with Gasteiger partial charge < -0.3 is 10.5 Å². The maximum Gasteiger partial charge on any atom is 0.341 e. The minimum absolute atomic E-state index is 0.0587. The highest BCUT2D eigenvalue weighted by molar-refractivity contribution is 7.16. The molecular formula is C15H21NO2S. The van der Waals surface area contributed by atoms with Crippen LogP contribution in [0.2, 0.25) is 0 Å². The normalized spacial score (nSPS) is 30.4. The predicted molar refractivity (Wildman–Crippen MR) is 77.8 cm³/mol. The molecule has 3 nitrogen and oxygen atoms in total. The number of carbonyl (C=O) groups excluding carboxylic acids is 1. The van der Waals surface area contributed by atoms with Crippen LogP contribution < -0.4 is 5.73 Å². The fourth-order valence-corrected chi connectivity index (χ4v) is 5.58. The first-order chi connectivity index (χ1) is 8.84. The molecule has 2 unspecified atom stereocenters. The highest BCUT2D eigenvalue weighted by Gasteiger charge is 2.62. The van der Waals surface area contributed by atoms with E-state index in [1.54, 1.807) is 11.3 Å². The Balaban J connectivity index is 2.19. The molecule has 1 saturated carbocycles. The zero-order valence-electron chi connectivity index (χ0n) is 12.0. The molecule has 0 saturated heterocycles. The van der Waals surface area contributed by atoms with Gasteiger partial charge in [0.2, 0.25) is 0 Å². The molecule has 1 heterocycles. The van der Waals surface area contributed by atoms with Gasteiger partial charge in [0, 0.05) is 10.3 Å². The van der Waals surface area contributed by atoms with Gasteiger partial charge in [-0.15, -0.1) is 11.3 Å². The molecule has 2 aliphatic rings. The van der Waals surface area contributed by atoms with Crippen molar-refractivity contribution in [2.24, 2.45) is 5.41 Å². The second kappa shape index (κ2) is 3.75. The molecular weight excluding hydrogens is 258 g/mol. The van der Waals surface area contributed by atoms with Crippen LogP contribution in [0.15, 0.2) is 0 Å². The molecule has 1 aromatic rings. The van der Waals surface area contributed by atoms with Crippen molar-refractivity contribution in [1.29, 1.82) is 0 Å².